The number of benzene rings is 2. The molecule has 1 fully saturated rings. The molecule has 1 unspecified atom stereocenters. The van der Waals surface area contributed by atoms with Gasteiger partial charge in [-0.25, -0.2) is 4.98 Å². The van der Waals surface area contributed by atoms with Gasteiger partial charge < -0.3 is 15.4 Å². The highest BCUT2D eigenvalue weighted by Gasteiger charge is 2.25. The van der Waals surface area contributed by atoms with Gasteiger partial charge >= 0.3 is 0 Å². The maximum absolute atomic E-state index is 11.8. The number of carbonyl (C=O) groups is 1. The summed E-state index contributed by atoms with van der Waals surface area (Å²) in [5.41, 5.74) is 10.4. The Morgan fingerprint density at radius 3 is 2.73 bits per heavy atom. The summed E-state index contributed by atoms with van der Waals surface area (Å²) in [4.78, 5) is 18.5. The Morgan fingerprint density at radius 2 is 1.96 bits per heavy atom. The van der Waals surface area contributed by atoms with Gasteiger partial charge in [0, 0.05) is 30.1 Å². The first-order chi connectivity index (χ1) is 12.6. The minimum absolute atomic E-state index is 0.0791. The van der Waals surface area contributed by atoms with Gasteiger partial charge in [-0.1, -0.05) is 30.3 Å². The van der Waals surface area contributed by atoms with E-state index >= 15 is 0 Å². The van der Waals surface area contributed by atoms with Crippen LogP contribution in [0.5, 0.6) is 0 Å². The van der Waals surface area contributed by atoms with E-state index in [1.165, 1.54) is 0 Å². The number of hydrogen-bond acceptors (Lipinski definition) is 4. The van der Waals surface area contributed by atoms with Crippen LogP contribution in [0.1, 0.15) is 18.6 Å². The Kier molecular flexibility index (Phi) is 4.31. The number of para-hydroxylation sites is 1. The van der Waals surface area contributed by atoms with Crippen molar-refractivity contribution in [2.45, 2.75) is 13.0 Å². The molecule has 1 atom stereocenters. The third-order valence-corrected chi connectivity index (χ3v) is 4.81. The summed E-state index contributed by atoms with van der Waals surface area (Å²) in [6, 6.07) is 17.8. The summed E-state index contributed by atoms with van der Waals surface area (Å²) in [6.07, 6.45) is -0.159. The molecule has 5 nitrogen and oxygen atoms in total. The predicted molar refractivity (Wildman–Crippen MR) is 103 cm³/mol. The van der Waals surface area contributed by atoms with E-state index in [-0.39, 0.29) is 12.0 Å². The maximum Gasteiger partial charge on any atom is 0.219 e. The molecule has 2 N–H and O–H groups in total. The van der Waals surface area contributed by atoms with Gasteiger partial charge in [0.25, 0.3) is 0 Å². The molecule has 132 valence electrons. The molecule has 1 amide bonds. The number of hydrogen-bond donors (Lipinski definition) is 1. The van der Waals surface area contributed by atoms with E-state index in [1.807, 2.05) is 47.4 Å². The first-order valence-electron chi connectivity index (χ1n) is 8.74. The first-order valence-corrected chi connectivity index (χ1v) is 8.74. The van der Waals surface area contributed by atoms with Crippen molar-refractivity contribution < 1.29 is 9.53 Å². The van der Waals surface area contributed by atoms with E-state index in [0.717, 1.165) is 33.4 Å². The van der Waals surface area contributed by atoms with Crippen molar-refractivity contribution in [1.82, 2.24) is 9.88 Å². The van der Waals surface area contributed by atoms with Crippen molar-refractivity contribution in [3.05, 3.63) is 60.2 Å². The molecule has 1 aromatic heterocycles. The molecule has 3 aromatic rings. The molecule has 2 aromatic carbocycles. The van der Waals surface area contributed by atoms with Gasteiger partial charge in [0.2, 0.25) is 5.91 Å². The molecule has 5 heteroatoms. The number of pyridine rings is 1. The predicted octanol–water partition coefficient (Wildman–Crippen LogP) is 3.40. The molecule has 1 aliphatic heterocycles. The number of aromatic nitrogens is 1. The van der Waals surface area contributed by atoms with Crippen molar-refractivity contribution in [3.63, 3.8) is 0 Å². The SMILES string of the molecule is CC(=O)N1CCOC(c2cc(-c3ccc(N)cc3)nc3ccccc23)C1. The van der Waals surface area contributed by atoms with Crippen LogP contribution in [0.25, 0.3) is 22.2 Å². The maximum atomic E-state index is 11.8. The molecule has 0 bridgehead atoms. The zero-order chi connectivity index (χ0) is 18.1. The Morgan fingerprint density at radius 1 is 1.19 bits per heavy atom. The van der Waals surface area contributed by atoms with Crippen LogP contribution in [-0.2, 0) is 9.53 Å². The summed E-state index contributed by atoms with van der Waals surface area (Å²) >= 11 is 0. The van der Waals surface area contributed by atoms with E-state index in [1.54, 1.807) is 6.92 Å². The molecule has 1 saturated heterocycles. The van der Waals surface area contributed by atoms with Crippen molar-refractivity contribution in [1.29, 1.82) is 0 Å². The normalized spacial score (nSPS) is 17.4. The fourth-order valence-corrected chi connectivity index (χ4v) is 3.39. The largest absolute Gasteiger partial charge is 0.399 e. The molecule has 1 aliphatic rings. The number of rotatable bonds is 2. The molecule has 2 heterocycles. The third-order valence-electron chi connectivity index (χ3n) is 4.81. The average Bonchev–Trinajstić information content (AvgIpc) is 2.68. The van der Waals surface area contributed by atoms with Gasteiger partial charge in [-0.2, -0.15) is 0 Å². The number of nitrogens with zero attached hydrogens (tertiary/aromatic N) is 2. The van der Waals surface area contributed by atoms with Crippen LogP contribution < -0.4 is 5.73 Å². The molecule has 0 aliphatic carbocycles. The monoisotopic (exact) mass is 347 g/mol. The number of ether oxygens (including phenoxy) is 1. The molecule has 0 saturated carbocycles. The van der Waals surface area contributed by atoms with Crippen LogP contribution in [0.3, 0.4) is 0 Å². The summed E-state index contributed by atoms with van der Waals surface area (Å²) in [6.45, 7) is 3.34. The number of nitrogen functional groups attached to an aromatic ring is 1. The number of fused-ring (bicyclic) bond motifs is 1. The van der Waals surface area contributed by atoms with Gasteiger partial charge in [0.05, 0.1) is 24.4 Å². The lowest BCUT2D eigenvalue weighted by Gasteiger charge is -2.33. The lowest BCUT2D eigenvalue weighted by molar-refractivity contribution is -0.136. The number of morpholine rings is 1. The quantitative estimate of drug-likeness (QED) is 0.722. The molecule has 0 radical (unpaired) electrons. The van der Waals surface area contributed by atoms with Crippen molar-refractivity contribution in [3.8, 4) is 11.3 Å². The highest BCUT2D eigenvalue weighted by atomic mass is 16.5. The van der Waals surface area contributed by atoms with E-state index in [0.29, 0.717) is 19.7 Å². The van der Waals surface area contributed by atoms with Gasteiger partial charge in [-0.15, -0.1) is 0 Å². The number of carbonyl (C=O) groups excluding carboxylic acids is 1. The Bertz CT molecular complexity index is 953. The molecule has 26 heavy (non-hydrogen) atoms. The third kappa shape index (κ3) is 3.13. The summed E-state index contributed by atoms with van der Waals surface area (Å²) in [7, 11) is 0. The summed E-state index contributed by atoms with van der Waals surface area (Å²) in [5, 5.41) is 1.06. The van der Waals surface area contributed by atoms with E-state index in [9.17, 15) is 4.79 Å². The van der Waals surface area contributed by atoms with Crippen LogP contribution in [0.2, 0.25) is 0 Å². The fraction of sp³-hybridized carbons (Fsp3) is 0.238. The smallest absolute Gasteiger partial charge is 0.219 e. The highest BCUT2D eigenvalue weighted by molar-refractivity contribution is 5.86. The minimum atomic E-state index is -0.159. The Hall–Kier alpha value is -2.92. The topological polar surface area (TPSA) is 68.5 Å². The van der Waals surface area contributed by atoms with E-state index < -0.39 is 0 Å². The highest BCUT2D eigenvalue weighted by Crippen LogP contribution is 2.32. The Balaban J connectivity index is 1.82. The van der Waals surface area contributed by atoms with Gasteiger partial charge in [-0.3, -0.25) is 4.79 Å². The number of nitrogens with two attached hydrogens (primary N) is 1. The van der Waals surface area contributed by atoms with Gasteiger partial charge in [0.1, 0.15) is 6.10 Å². The van der Waals surface area contributed by atoms with Crippen molar-refractivity contribution in [2.75, 3.05) is 25.4 Å². The molecule has 4 rings (SSSR count). The Labute approximate surface area is 152 Å². The average molecular weight is 347 g/mol. The molecule has 0 spiro atoms. The zero-order valence-electron chi connectivity index (χ0n) is 14.7. The summed E-state index contributed by atoms with van der Waals surface area (Å²) in [5.74, 6) is 0.0791. The first kappa shape index (κ1) is 16.5. The lowest BCUT2D eigenvalue weighted by Crippen LogP contribution is -2.41. The number of amides is 1. The van der Waals surface area contributed by atoms with Gasteiger partial charge in [-0.05, 0) is 29.8 Å². The van der Waals surface area contributed by atoms with E-state index in [2.05, 4.69) is 12.1 Å². The molecular formula is C21H21N3O2. The number of anilines is 1. The molecular weight excluding hydrogens is 326 g/mol. The van der Waals surface area contributed by atoms with Crippen molar-refractivity contribution >= 4 is 22.5 Å². The zero-order valence-corrected chi connectivity index (χ0v) is 14.7. The van der Waals surface area contributed by atoms with Crippen molar-refractivity contribution in [2.24, 2.45) is 0 Å². The second-order valence-corrected chi connectivity index (χ2v) is 6.56. The van der Waals surface area contributed by atoms with Crippen LogP contribution >= 0.6 is 0 Å². The second kappa shape index (κ2) is 6.77. The summed E-state index contributed by atoms with van der Waals surface area (Å²) < 4.78 is 6.02. The van der Waals surface area contributed by atoms with Crippen LogP contribution in [0, 0.1) is 0 Å². The standard InChI is InChI=1S/C21H21N3O2/c1-14(25)24-10-11-26-21(13-24)18-12-20(15-6-8-16(22)9-7-15)23-19-5-3-2-4-17(18)19/h2-9,12,21H,10-11,13,22H2,1H3. The van der Waals surface area contributed by atoms with Crippen LogP contribution in [0.15, 0.2) is 54.6 Å². The van der Waals surface area contributed by atoms with E-state index in [4.69, 9.17) is 15.5 Å². The second-order valence-electron chi connectivity index (χ2n) is 6.56. The fourth-order valence-electron chi connectivity index (χ4n) is 3.39. The minimum Gasteiger partial charge on any atom is -0.399 e. The van der Waals surface area contributed by atoms with Crippen LogP contribution in [0.4, 0.5) is 5.69 Å². The van der Waals surface area contributed by atoms with Crippen LogP contribution in [-0.4, -0.2) is 35.5 Å². The van der Waals surface area contributed by atoms with Gasteiger partial charge in [0.15, 0.2) is 0 Å². The lowest BCUT2D eigenvalue weighted by atomic mass is 9.99.